The third kappa shape index (κ3) is 2.15. The average Bonchev–Trinajstić information content (AvgIpc) is 2.03. The Kier molecular flexibility index (Phi) is 2.85. The fourth-order valence-electron chi connectivity index (χ4n) is 1.68. The van der Waals surface area contributed by atoms with Crippen molar-refractivity contribution < 1.29 is 18.7 Å². The van der Waals surface area contributed by atoms with E-state index in [1.807, 2.05) is 0 Å². The largest absolute Gasteiger partial charge is 0.396 e. The van der Waals surface area contributed by atoms with Crippen molar-refractivity contribution in [3.63, 3.8) is 0 Å². The van der Waals surface area contributed by atoms with E-state index in [1.54, 1.807) is 0 Å². The third-order valence-corrected chi connectivity index (χ3v) is 2.57. The maximum absolute atomic E-state index is 13.0. The van der Waals surface area contributed by atoms with Gasteiger partial charge in [-0.1, -0.05) is 0 Å². The lowest BCUT2D eigenvalue weighted by molar-refractivity contribution is -0.146. The first-order chi connectivity index (χ1) is 5.97. The molecule has 3 nitrogen and oxygen atoms in total. The Morgan fingerprint density at radius 2 is 2.23 bits per heavy atom. The van der Waals surface area contributed by atoms with Crippen LogP contribution in [0.5, 0.6) is 0 Å². The first-order valence-electron chi connectivity index (χ1n) is 4.25. The van der Waals surface area contributed by atoms with Crippen molar-refractivity contribution in [1.82, 2.24) is 0 Å². The quantitative estimate of drug-likeness (QED) is 0.671. The summed E-state index contributed by atoms with van der Waals surface area (Å²) in [6.07, 6.45) is -0.0993. The van der Waals surface area contributed by atoms with Crippen molar-refractivity contribution >= 4 is 5.91 Å². The zero-order chi connectivity index (χ0) is 10.1. The molecule has 5 heteroatoms. The molecule has 1 amide bonds. The van der Waals surface area contributed by atoms with Crippen molar-refractivity contribution in [1.29, 1.82) is 0 Å². The van der Waals surface area contributed by atoms with Gasteiger partial charge in [-0.25, -0.2) is 8.78 Å². The molecule has 2 unspecified atom stereocenters. The summed E-state index contributed by atoms with van der Waals surface area (Å²) in [6.45, 7) is -0.153. The highest BCUT2D eigenvalue weighted by molar-refractivity contribution is 5.77. The number of primary amides is 1. The van der Waals surface area contributed by atoms with Crippen LogP contribution in [0.1, 0.15) is 19.3 Å². The zero-order valence-electron chi connectivity index (χ0n) is 7.17. The molecule has 1 fully saturated rings. The van der Waals surface area contributed by atoms with Crippen LogP contribution < -0.4 is 5.73 Å². The summed E-state index contributed by atoms with van der Waals surface area (Å²) in [7, 11) is 0. The summed E-state index contributed by atoms with van der Waals surface area (Å²) >= 11 is 0. The molecular formula is C8H13F2NO2. The number of nitrogens with two attached hydrogens (primary N) is 1. The SMILES string of the molecule is NC(=O)C1CC(CO)CCC1(F)F. The first kappa shape index (κ1) is 10.4. The molecule has 1 saturated carbocycles. The van der Waals surface area contributed by atoms with Gasteiger partial charge in [0.25, 0.3) is 5.92 Å². The van der Waals surface area contributed by atoms with E-state index in [-0.39, 0.29) is 31.8 Å². The average molecular weight is 193 g/mol. The fourth-order valence-corrected chi connectivity index (χ4v) is 1.68. The van der Waals surface area contributed by atoms with Crippen LogP contribution in [0.3, 0.4) is 0 Å². The molecule has 3 N–H and O–H groups in total. The Labute approximate surface area is 74.9 Å². The van der Waals surface area contributed by atoms with Gasteiger partial charge in [0.2, 0.25) is 5.91 Å². The summed E-state index contributed by atoms with van der Waals surface area (Å²) in [5.41, 5.74) is 4.86. The van der Waals surface area contributed by atoms with E-state index in [0.29, 0.717) is 0 Å². The van der Waals surface area contributed by atoms with E-state index < -0.39 is 17.7 Å². The molecule has 13 heavy (non-hydrogen) atoms. The van der Waals surface area contributed by atoms with Crippen LogP contribution in [0.2, 0.25) is 0 Å². The maximum atomic E-state index is 13.0. The van der Waals surface area contributed by atoms with Gasteiger partial charge < -0.3 is 10.8 Å². The van der Waals surface area contributed by atoms with Gasteiger partial charge in [-0.05, 0) is 18.8 Å². The van der Waals surface area contributed by atoms with Crippen LogP contribution in [0, 0.1) is 11.8 Å². The number of halogens is 2. The number of aliphatic hydroxyl groups is 1. The molecule has 1 aliphatic carbocycles. The van der Waals surface area contributed by atoms with Crippen molar-refractivity contribution in [2.75, 3.05) is 6.61 Å². The van der Waals surface area contributed by atoms with Crippen LogP contribution >= 0.6 is 0 Å². The number of hydrogen-bond donors (Lipinski definition) is 2. The summed E-state index contributed by atoms with van der Waals surface area (Å²) in [4.78, 5) is 10.7. The number of carbonyl (C=O) groups excluding carboxylic acids is 1. The van der Waals surface area contributed by atoms with Crippen LogP contribution in [-0.2, 0) is 4.79 Å². The Balaban J connectivity index is 2.69. The molecule has 0 spiro atoms. The van der Waals surface area contributed by atoms with Crippen molar-refractivity contribution in [3.8, 4) is 0 Å². The van der Waals surface area contributed by atoms with Gasteiger partial charge in [-0.2, -0.15) is 0 Å². The standard InChI is InChI=1S/C8H13F2NO2/c9-8(10)2-1-5(4-12)3-6(8)7(11)13/h5-6,12H,1-4H2,(H2,11,13). The molecule has 1 rings (SSSR count). The molecule has 2 atom stereocenters. The van der Waals surface area contributed by atoms with Crippen LogP contribution in [0.25, 0.3) is 0 Å². The predicted molar refractivity (Wildman–Crippen MR) is 42.1 cm³/mol. The minimum absolute atomic E-state index is 0.00116. The number of hydrogen-bond acceptors (Lipinski definition) is 2. The predicted octanol–water partition coefficient (Wildman–Crippen LogP) is 0.516. The first-order valence-corrected chi connectivity index (χ1v) is 4.25. The molecule has 1 aliphatic rings. The summed E-state index contributed by atoms with van der Waals surface area (Å²) in [6, 6.07) is 0. The normalized spacial score (nSPS) is 32.8. The van der Waals surface area contributed by atoms with Gasteiger partial charge in [-0.3, -0.25) is 4.79 Å². The van der Waals surface area contributed by atoms with Crippen molar-refractivity contribution in [3.05, 3.63) is 0 Å². The molecule has 0 bridgehead atoms. The summed E-state index contributed by atoms with van der Waals surface area (Å²) in [5.74, 6) is -5.57. The Morgan fingerprint density at radius 1 is 1.62 bits per heavy atom. The number of alkyl halides is 2. The number of carbonyl (C=O) groups is 1. The monoisotopic (exact) mass is 193 g/mol. The number of rotatable bonds is 2. The lowest BCUT2D eigenvalue weighted by Crippen LogP contribution is -2.43. The summed E-state index contributed by atoms with van der Waals surface area (Å²) < 4.78 is 26.1. The van der Waals surface area contributed by atoms with Gasteiger partial charge in [0.1, 0.15) is 5.92 Å². The molecule has 0 aromatic heterocycles. The summed E-state index contributed by atoms with van der Waals surface area (Å²) in [5, 5.41) is 8.76. The molecule has 0 aliphatic heterocycles. The van der Waals surface area contributed by atoms with Gasteiger partial charge in [-0.15, -0.1) is 0 Å². The molecule has 0 saturated heterocycles. The molecular weight excluding hydrogens is 180 g/mol. The third-order valence-electron chi connectivity index (χ3n) is 2.57. The Hall–Kier alpha value is -0.710. The van der Waals surface area contributed by atoms with Crippen molar-refractivity contribution in [2.45, 2.75) is 25.2 Å². The van der Waals surface area contributed by atoms with E-state index in [1.165, 1.54) is 0 Å². The number of amides is 1. The smallest absolute Gasteiger partial charge is 0.259 e. The molecule has 76 valence electrons. The van der Waals surface area contributed by atoms with Crippen LogP contribution in [0.4, 0.5) is 8.78 Å². The van der Waals surface area contributed by atoms with Gasteiger partial charge in [0, 0.05) is 13.0 Å². The Bertz CT molecular complexity index is 208. The van der Waals surface area contributed by atoms with Crippen LogP contribution in [-0.4, -0.2) is 23.5 Å². The molecule has 0 aromatic rings. The van der Waals surface area contributed by atoms with Gasteiger partial charge in [0.05, 0.1) is 0 Å². The van der Waals surface area contributed by atoms with Crippen LogP contribution in [0.15, 0.2) is 0 Å². The van der Waals surface area contributed by atoms with E-state index >= 15 is 0 Å². The second kappa shape index (κ2) is 3.57. The highest BCUT2D eigenvalue weighted by Gasteiger charge is 2.47. The molecule has 0 radical (unpaired) electrons. The topological polar surface area (TPSA) is 63.3 Å². The molecule has 0 heterocycles. The second-order valence-electron chi connectivity index (χ2n) is 3.54. The lowest BCUT2D eigenvalue weighted by atomic mass is 9.78. The minimum Gasteiger partial charge on any atom is -0.396 e. The molecule has 0 aromatic carbocycles. The van der Waals surface area contributed by atoms with E-state index in [2.05, 4.69) is 0 Å². The minimum atomic E-state index is -2.99. The highest BCUT2D eigenvalue weighted by Crippen LogP contribution is 2.40. The highest BCUT2D eigenvalue weighted by atomic mass is 19.3. The van der Waals surface area contributed by atoms with Gasteiger partial charge in [0.15, 0.2) is 0 Å². The van der Waals surface area contributed by atoms with E-state index in [0.717, 1.165) is 0 Å². The number of aliphatic hydroxyl groups excluding tert-OH is 1. The Morgan fingerprint density at radius 3 is 2.69 bits per heavy atom. The van der Waals surface area contributed by atoms with E-state index in [9.17, 15) is 13.6 Å². The van der Waals surface area contributed by atoms with Gasteiger partial charge >= 0.3 is 0 Å². The van der Waals surface area contributed by atoms with E-state index in [4.69, 9.17) is 10.8 Å². The fraction of sp³-hybridized carbons (Fsp3) is 0.875. The van der Waals surface area contributed by atoms with Crippen molar-refractivity contribution in [2.24, 2.45) is 17.6 Å². The lowest BCUT2D eigenvalue weighted by Gasteiger charge is -2.33. The maximum Gasteiger partial charge on any atom is 0.259 e. The zero-order valence-corrected chi connectivity index (χ0v) is 7.17. The second-order valence-corrected chi connectivity index (χ2v) is 3.54.